The maximum Gasteiger partial charge on any atom is 0.331 e. The lowest BCUT2D eigenvalue weighted by Crippen LogP contribution is -2.41. The van der Waals surface area contributed by atoms with Crippen molar-refractivity contribution >= 4 is 39.5 Å². The minimum absolute atomic E-state index is 0.130. The molecule has 30 heavy (non-hydrogen) atoms. The number of rotatable bonds is 6. The van der Waals surface area contributed by atoms with E-state index >= 15 is 0 Å². The maximum atomic E-state index is 12.4. The summed E-state index contributed by atoms with van der Waals surface area (Å²) in [6.45, 7) is 1.22. The number of hydrogen-bond acceptors (Lipinski definition) is 5. The van der Waals surface area contributed by atoms with Gasteiger partial charge in [-0.3, -0.25) is 4.79 Å². The minimum atomic E-state index is -0.526. The number of amides is 1. The first-order chi connectivity index (χ1) is 14.7. The predicted octanol–water partition coefficient (Wildman–Crippen LogP) is 4.33. The Hall–Kier alpha value is -2.99. The zero-order chi connectivity index (χ0) is 20.8. The minimum Gasteiger partial charge on any atom is -0.452 e. The van der Waals surface area contributed by atoms with Crippen molar-refractivity contribution in [2.45, 2.75) is 19.3 Å². The lowest BCUT2D eigenvalue weighted by atomic mass is 9.90. The van der Waals surface area contributed by atoms with Gasteiger partial charge in [0, 0.05) is 19.2 Å². The van der Waals surface area contributed by atoms with Gasteiger partial charge in [-0.15, -0.1) is 11.3 Å². The standard InChI is InChI=1S/C24H24N2O3S/c27-23(26-14-12-19(13-15-26)16-18-6-2-1-3-7-18)17-29-24(28)11-10-22-25-20-8-4-5-9-21(20)30-22/h1-11,19H,12-17H2/b11-10+. The third kappa shape index (κ3) is 5.33. The third-order valence-electron chi connectivity index (χ3n) is 5.34. The van der Waals surface area contributed by atoms with Gasteiger partial charge < -0.3 is 9.64 Å². The van der Waals surface area contributed by atoms with Crippen LogP contribution in [0.4, 0.5) is 0 Å². The Morgan fingerprint density at radius 1 is 1.07 bits per heavy atom. The second-order valence-corrected chi connectivity index (χ2v) is 8.54. The first kappa shape index (κ1) is 20.3. The summed E-state index contributed by atoms with van der Waals surface area (Å²) < 4.78 is 6.20. The molecule has 0 saturated carbocycles. The van der Waals surface area contributed by atoms with Crippen molar-refractivity contribution in [3.63, 3.8) is 0 Å². The van der Waals surface area contributed by atoms with Crippen LogP contribution in [0.15, 0.2) is 60.7 Å². The molecule has 0 bridgehead atoms. The molecule has 1 amide bonds. The highest BCUT2D eigenvalue weighted by molar-refractivity contribution is 7.19. The summed E-state index contributed by atoms with van der Waals surface area (Å²) in [5.74, 6) is -0.0628. The van der Waals surface area contributed by atoms with Gasteiger partial charge in [-0.2, -0.15) is 0 Å². The SMILES string of the molecule is O=C(/C=C/c1nc2ccccc2s1)OCC(=O)N1CCC(Cc2ccccc2)CC1. The molecule has 1 aliphatic heterocycles. The normalized spacial score (nSPS) is 15.0. The molecule has 1 saturated heterocycles. The second-order valence-electron chi connectivity index (χ2n) is 7.47. The molecule has 0 spiro atoms. The van der Waals surface area contributed by atoms with Crippen LogP contribution < -0.4 is 0 Å². The highest BCUT2D eigenvalue weighted by atomic mass is 32.1. The summed E-state index contributed by atoms with van der Waals surface area (Å²) in [4.78, 5) is 30.6. The maximum absolute atomic E-state index is 12.4. The average molecular weight is 421 g/mol. The Labute approximate surface area is 180 Å². The van der Waals surface area contributed by atoms with Gasteiger partial charge in [-0.1, -0.05) is 42.5 Å². The first-order valence-electron chi connectivity index (χ1n) is 10.2. The molecule has 2 heterocycles. The number of aromatic nitrogens is 1. The van der Waals surface area contributed by atoms with E-state index in [4.69, 9.17) is 4.74 Å². The Kier molecular flexibility index (Phi) is 6.54. The molecule has 2 aromatic carbocycles. The van der Waals surface area contributed by atoms with Crippen molar-refractivity contribution in [3.8, 4) is 0 Å². The van der Waals surface area contributed by atoms with Crippen molar-refractivity contribution in [2.75, 3.05) is 19.7 Å². The molecule has 154 valence electrons. The zero-order valence-corrected chi connectivity index (χ0v) is 17.5. The number of thiazole rings is 1. The van der Waals surface area contributed by atoms with Gasteiger partial charge in [0.05, 0.1) is 10.2 Å². The summed E-state index contributed by atoms with van der Waals surface area (Å²) in [6.07, 6.45) is 5.97. The molecule has 0 radical (unpaired) electrons. The quantitative estimate of drug-likeness (QED) is 0.440. The summed E-state index contributed by atoms with van der Waals surface area (Å²) >= 11 is 1.51. The van der Waals surface area contributed by atoms with Crippen molar-refractivity contribution < 1.29 is 14.3 Å². The van der Waals surface area contributed by atoms with Crippen LogP contribution in [0.3, 0.4) is 0 Å². The van der Waals surface area contributed by atoms with E-state index in [9.17, 15) is 9.59 Å². The number of carbonyl (C=O) groups excluding carboxylic acids is 2. The Morgan fingerprint density at radius 3 is 2.57 bits per heavy atom. The lowest BCUT2D eigenvalue weighted by molar-refractivity contribution is -0.148. The van der Waals surface area contributed by atoms with E-state index in [1.54, 1.807) is 11.0 Å². The van der Waals surface area contributed by atoms with E-state index < -0.39 is 5.97 Å². The van der Waals surface area contributed by atoms with Crippen LogP contribution in [0.2, 0.25) is 0 Å². The van der Waals surface area contributed by atoms with Crippen LogP contribution in [0.1, 0.15) is 23.4 Å². The number of benzene rings is 2. The Morgan fingerprint density at radius 2 is 1.80 bits per heavy atom. The van der Waals surface area contributed by atoms with E-state index in [0.717, 1.165) is 47.6 Å². The lowest BCUT2D eigenvalue weighted by Gasteiger charge is -2.32. The summed E-state index contributed by atoms with van der Waals surface area (Å²) in [6, 6.07) is 18.3. The van der Waals surface area contributed by atoms with Crippen LogP contribution >= 0.6 is 11.3 Å². The topological polar surface area (TPSA) is 59.5 Å². The second kappa shape index (κ2) is 9.67. The highest BCUT2D eigenvalue weighted by Gasteiger charge is 2.23. The highest BCUT2D eigenvalue weighted by Crippen LogP contribution is 2.23. The van der Waals surface area contributed by atoms with Crippen molar-refractivity contribution in [1.29, 1.82) is 0 Å². The fourth-order valence-corrected chi connectivity index (χ4v) is 4.58. The van der Waals surface area contributed by atoms with Gasteiger partial charge in [-0.05, 0) is 49.0 Å². The molecule has 1 aliphatic rings. The number of piperidine rings is 1. The molecule has 0 atom stereocenters. The van der Waals surface area contributed by atoms with Gasteiger partial charge in [0.2, 0.25) is 0 Å². The van der Waals surface area contributed by atoms with E-state index in [2.05, 4.69) is 29.2 Å². The molecule has 0 N–H and O–H groups in total. The number of likely N-dealkylation sites (tertiary alicyclic amines) is 1. The number of fused-ring (bicyclic) bond motifs is 1. The third-order valence-corrected chi connectivity index (χ3v) is 6.35. The monoisotopic (exact) mass is 420 g/mol. The number of esters is 1. The molecule has 5 nitrogen and oxygen atoms in total. The number of nitrogens with zero attached hydrogens (tertiary/aromatic N) is 2. The van der Waals surface area contributed by atoms with Gasteiger partial charge >= 0.3 is 5.97 Å². The number of ether oxygens (including phenoxy) is 1. The molecule has 6 heteroatoms. The smallest absolute Gasteiger partial charge is 0.331 e. The number of hydrogen-bond donors (Lipinski definition) is 0. The zero-order valence-electron chi connectivity index (χ0n) is 16.7. The van der Waals surface area contributed by atoms with Crippen LogP contribution in [0.5, 0.6) is 0 Å². The van der Waals surface area contributed by atoms with Crippen LogP contribution in [-0.4, -0.2) is 41.5 Å². The van der Waals surface area contributed by atoms with Gasteiger partial charge in [-0.25, -0.2) is 9.78 Å². The molecule has 0 unspecified atom stereocenters. The molecule has 3 aromatic rings. The Balaban J connectivity index is 1.20. The summed E-state index contributed by atoms with van der Waals surface area (Å²) in [5.41, 5.74) is 2.25. The average Bonchev–Trinajstić information content (AvgIpc) is 3.20. The Bertz CT molecular complexity index is 1000. The molecule has 0 aliphatic carbocycles. The van der Waals surface area contributed by atoms with Crippen molar-refractivity contribution in [2.24, 2.45) is 5.92 Å². The van der Waals surface area contributed by atoms with E-state index in [1.165, 1.54) is 23.0 Å². The summed E-state index contributed by atoms with van der Waals surface area (Å²) in [7, 11) is 0. The van der Waals surface area contributed by atoms with Crippen LogP contribution in [-0.2, 0) is 20.7 Å². The number of carbonyl (C=O) groups is 2. The van der Waals surface area contributed by atoms with Gasteiger partial charge in [0.25, 0.3) is 5.91 Å². The van der Waals surface area contributed by atoms with Crippen LogP contribution in [0.25, 0.3) is 16.3 Å². The molecule has 1 aromatic heterocycles. The number of para-hydroxylation sites is 1. The fraction of sp³-hybridized carbons (Fsp3) is 0.292. The van der Waals surface area contributed by atoms with E-state index in [1.807, 2.05) is 30.3 Å². The molecular weight excluding hydrogens is 396 g/mol. The fourth-order valence-electron chi connectivity index (χ4n) is 3.71. The van der Waals surface area contributed by atoms with Crippen LogP contribution in [0, 0.1) is 5.92 Å². The van der Waals surface area contributed by atoms with Crippen molar-refractivity contribution in [3.05, 3.63) is 71.2 Å². The van der Waals surface area contributed by atoms with E-state index in [0.29, 0.717) is 5.92 Å². The van der Waals surface area contributed by atoms with E-state index in [-0.39, 0.29) is 12.5 Å². The van der Waals surface area contributed by atoms with Gasteiger partial charge in [0.1, 0.15) is 5.01 Å². The van der Waals surface area contributed by atoms with Crippen molar-refractivity contribution in [1.82, 2.24) is 9.88 Å². The molecule has 4 rings (SSSR count). The summed E-state index contributed by atoms with van der Waals surface area (Å²) in [5, 5.41) is 0.736. The first-order valence-corrected chi connectivity index (χ1v) is 11.0. The largest absolute Gasteiger partial charge is 0.452 e. The predicted molar refractivity (Wildman–Crippen MR) is 119 cm³/mol. The van der Waals surface area contributed by atoms with Gasteiger partial charge in [0.15, 0.2) is 6.61 Å². The molecule has 1 fully saturated rings. The molecular formula is C24H24N2O3S.